The number of nitrogens with one attached hydrogen (secondary N) is 2. The molecular formula is C29H36N6O5. The van der Waals surface area contributed by atoms with Gasteiger partial charge < -0.3 is 21.5 Å². The van der Waals surface area contributed by atoms with Crippen molar-refractivity contribution in [1.82, 2.24) is 4.98 Å². The number of carbonyl (C=O) groups is 2. The normalized spacial score (nSPS) is 11.6. The van der Waals surface area contributed by atoms with Gasteiger partial charge in [0.15, 0.2) is 0 Å². The number of rotatable bonds is 15. The van der Waals surface area contributed by atoms with Crippen molar-refractivity contribution >= 4 is 29.2 Å². The summed E-state index contributed by atoms with van der Waals surface area (Å²) in [4.78, 5) is 41.5. The highest BCUT2D eigenvalue weighted by Crippen LogP contribution is 2.19. The number of amides is 1. The molecule has 0 spiro atoms. The highest BCUT2D eigenvalue weighted by atomic mass is 17.2. The molecule has 0 saturated heterocycles. The van der Waals surface area contributed by atoms with E-state index in [0.717, 1.165) is 11.3 Å². The average Bonchev–Trinajstić information content (AvgIpc) is 2.96. The second-order valence-electron chi connectivity index (χ2n) is 9.19. The molecule has 1 unspecified atom stereocenters. The van der Waals surface area contributed by atoms with E-state index in [2.05, 4.69) is 10.3 Å². The summed E-state index contributed by atoms with van der Waals surface area (Å²) in [5, 5.41) is 10.8. The van der Waals surface area contributed by atoms with Crippen molar-refractivity contribution in [1.29, 1.82) is 5.41 Å². The Bertz CT molecular complexity index is 1250. The van der Waals surface area contributed by atoms with Crippen molar-refractivity contribution in [2.24, 2.45) is 11.5 Å². The highest BCUT2D eigenvalue weighted by molar-refractivity contribution is 6.06. The van der Waals surface area contributed by atoms with Crippen LogP contribution in [0.4, 0.5) is 11.5 Å². The van der Waals surface area contributed by atoms with Crippen LogP contribution in [-0.4, -0.2) is 55.1 Å². The zero-order valence-corrected chi connectivity index (χ0v) is 22.7. The fourth-order valence-electron chi connectivity index (χ4n) is 3.65. The first-order valence-electron chi connectivity index (χ1n) is 12.9. The molecule has 40 heavy (non-hydrogen) atoms. The fraction of sp³-hybridized carbons (Fsp3) is 0.310. The number of hydrogen-bond donors (Lipinski definition) is 4. The van der Waals surface area contributed by atoms with Crippen LogP contribution in [0.2, 0.25) is 0 Å². The Hall–Kier alpha value is -4.32. The molecule has 1 heterocycles. The van der Waals surface area contributed by atoms with E-state index >= 15 is 0 Å². The van der Waals surface area contributed by atoms with E-state index < -0.39 is 12.0 Å². The van der Waals surface area contributed by atoms with Gasteiger partial charge >= 0.3 is 5.97 Å². The smallest absolute Gasteiger partial charge is 0.307 e. The van der Waals surface area contributed by atoms with Gasteiger partial charge in [-0.25, -0.2) is 14.8 Å². The molecule has 2 aromatic carbocycles. The third-order valence-corrected chi connectivity index (χ3v) is 5.68. The molecule has 3 rings (SSSR count). The van der Waals surface area contributed by atoms with Gasteiger partial charge in [-0.05, 0) is 67.9 Å². The Morgan fingerprint density at radius 3 is 2.48 bits per heavy atom. The number of esters is 1. The van der Waals surface area contributed by atoms with Crippen molar-refractivity contribution in [3.05, 3.63) is 89.6 Å². The molecule has 212 valence electrons. The first-order chi connectivity index (χ1) is 19.2. The number of nitrogen functional groups attached to an aromatic ring is 1. The van der Waals surface area contributed by atoms with Crippen LogP contribution in [0.25, 0.3) is 0 Å². The Morgan fingerprint density at radius 2 is 1.80 bits per heavy atom. The lowest BCUT2D eigenvalue weighted by Crippen LogP contribution is -2.34. The van der Waals surface area contributed by atoms with Crippen LogP contribution < -0.4 is 21.7 Å². The number of anilines is 2. The summed E-state index contributed by atoms with van der Waals surface area (Å²) in [5.74, 6) is -0.371. The molecule has 3 aromatic rings. The molecule has 11 nitrogen and oxygen atoms in total. The van der Waals surface area contributed by atoms with Gasteiger partial charge in [0.1, 0.15) is 24.9 Å². The monoisotopic (exact) mass is 548 g/mol. The van der Waals surface area contributed by atoms with Gasteiger partial charge in [-0.15, -0.1) is 0 Å². The molecule has 1 atom stereocenters. The van der Waals surface area contributed by atoms with Crippen molar-refractivity contribution in [3.63, 3.8) is 0 Å². The lowest BCUT2D eigenvalue weighted by Gasteiger charge is -2.22. The fourth-order valence-corrected chi connectivity index (χ4v) is 3.65. The first-order valence-corrected chi connectivity index (χ1v) is 12.9. The highest BCUT2D eigenvalue weighted by Gasteiger charge is 2.21. The van der Waals surface area contributed by atoms with Crippen LogP contribution in [0.5, 0.6) is 0 Å². The minimum Gasteiger partial charge on any atom is -0.463 e. The van der Waals surface area contributed by atoms with E-state index in [1.54, 1.807) is 54.7 Å². The van der Waals surface area contributed by atoms with E-state index in [-0.39, 0.29) is 44.0 Å². The summed E-state index contributed by atoms with van der Waals surface area (Å²) < 4.78 is 5.19. The van der Waals surface area contributed by atoms with Crippen LogP contribution >= 0.6 is 0 Å². The molecule has 11 heteroatoms. The van der Waals surface area contributed by atoms with E-state index in [9.17, 15) is 9.59 Å². The molecular weight excluding hydrogens is 512 g/mol. The first kappa shape index (κ1) is 30.2. The lowest BCUT2D eigenvalue weighted by molar-refractivity contribution is -0.319. The van der Waals surface area contributed by atoms with Crippen molar-refractivity contribution < 1.29 is 24.1 Å². The summed E-state index contributed by atoms with van der Waals surface area (Å²) >= 11 is 0. The van der Waals surface area contributed by atoms with E-state index in [1.807, 2.05) is 32.0 Å². The zero-order chi connectivity index (χ0) is 28.9. The van der Waals surface area contributed by atoms with E-state index in [4.69, 9.17) is 31.4 Å². The number of pyridine rings is 1. The summed E-state index contributed by atoms with van der Waals surface area (Å²) in [6, 6.07) is 19.1. The van der Waals surface area contributed by atoms with Gasteiger partial charge in [0.25, 0.3) is 5.91 Å². The quantitative estimate of drug-likeness (QED) is 0.0556. The molecule has 0 fully saturated rings. The zero-order valence-electron chi connectivity index (χ0n) is 22.7. The van der Waals surface area contributed by atoms with Crippen molar-refractivity contribution in [2.45, 2.75) is 32.4 Å². The molecule has 0 aliphatic rings. The maximum atomic E-state index is 13.6. The summed E-state index contributed by atoms with van der Waals surface area (Å²) in [7, 11) is 0. The largest absolute Gasteiger partial charge is 0.463 e. The average molecular weight is 549 g/mol. The maximum Gasteiger partial charge on any atom is 0.307 e. The van der Waals surface area contributed by atoms with Gasteiger partial charge in [-0.1, -0.05) is 18.2 Å². The van der Waals surface area contributed by atoms with E-state index in [0.29, 0.717) is 23.5 Å². The Labute approximate surface area is 233 Å². The van der Waals surface area contributed by atoms with Crippen LogP contribution in [0.15, 0.2) is 72.9 Å². The number of ether oxygens (including phenoxy) is 1. The topological polar surface area (TPSA) is 166 Å². The third-order valence-electron chi connectivity index (χ3n) is 5.68. The molecule has 0 aliphatic heterocycles. The van der Waals surface area contributed by atoms with Crippen LogP contribution in [0, 0.1) is 5.41 Å². The number of benzene rings is 2. The van der Waals surface area contributed by atoms with Crippen LogP contribution in [0.1, 0.15) is 47.8 Å². The Balaban J connectivity index is 1.63. The molecule has 0 saturated carbocycles. The molecule has 0 bridgehead atoms. The molecule has 6 N–H and O–H groups in total. The molecule has 0 aliphatic carbocycles. The minimum absolute atomic E-state index is 0.00294. The predicted molar refractivity (Wildman–Crippen MR) is 153 cm³/mol. The Morgan fingerprint density at radius 1 is 1.02 bits per heavy atom. The summed E-state index contributed by atoms with van der Waals surface area (Å²) in [5.41, 5.74) is 14.6. The Kier molecular flexibility index (Phi) is 11.6. The maximum absolute atomic E-state index is 13.6. The predicted octanol–water partition coefficient (Wildman–Crippen LogP) is 3.41. The van der Waals surface area contributed by atoms with Gasteiger partial charge in [0.2, 0.25) is 0 Å². The van der Waals surface area contributed by atoms with Gasteiger partial charge in [-0.2, -0.15) is 0 Å². The van der Waals surface area contributed by atoms with Crippen molar-refractivity contribution in [2.75, 3.05) is 36.5 Å². The van der Waals surface area contributed by atoms with Gasteiger partial charge in [0.05, 0.1) is 12.5 Å². The van der Waals surface area contributed by atoms with Crippen LogP contribution in [0.3, 0.4) is 0 Å². The number of hydrogen-bond acceptors (Lipinski definition) is 9. The van der Waals surface area contributed by atoms with Gasteiger partial charge in [0, 0.05) is 42.1 Å². The van der Waals surface area contributed by atoms with Crippen molar-refractivity contribution in [3.8, 4) is 0 Å². The van der Waals surface area contributed by atoms with Gasteiger partial charge in [-0.3, -0.25) is 19.9 Å². The standard InChI is InChI=1S/C29H36N6O5/c1-20(2)40-39-17-16-38-27(36)13-15-35(26-8-3-4-14-33-26)29(37)23-7-5-6-22(18-23)25(30)19-34-24-11-9-21(10-12-24)28(31)32/h3-12,14,18,20,25,34H,13,15-17,19,30H2,1-2H3,(H3,31,32). The number of nitrogens with zero attached hydrogens (tertiary/aromatic N) is 2. The minimum atomic E-state index is -0.472. The second-order valence-corrected chi connectivity index (χ2v) is 9.19. The third kappa shape index (κ3) is 9.45. The second kappa shape index (κ2) is 15.3. The summed E-state index contributed by atoms with van der Waals surface area (Å²) in [6.07, 6.45) is 1.46. The van der Waals surface area contributed by atoms with Crippen LogP contribution in [-0.2, 0) is 19.3 Å². The number of carbonyl (C=O) groups excluding carboxylic acids is 2. The number of aromatic nitrogens is 1. The molecule has 1 aromatic heterocycles. The number of amidine groups is 1. The van der Waals surface area contributed by atoms with E-state index in [1.165, 1.54) is 4.90 Å². The lowest BCUT2D eigenvalue weighted by atomic mass is 10.0. The SMILES string of the molecule is CC(C)OOCCOC(=O)CCN(C(=O)c1cccc(C(N)CNc2ccc(C(=N)N)cc2)c1)c1ccccn1. The number of nitrogens with two attached hydrogens (primary N) is 2. The molecule has 0 radical (unpaired) electrons. The summed E-state index contributed by atoms with van der Waals surface area (Å²) in [6.45, 7) is 4.29. The molecule has 1 amide bonds.